The Morgan fingerprint density at radius 1 is 1.35 bits per heavy atom. The van der Waals surface area contributed by atoms with Crippen molar-refractivity contribution >= 4 is 16.5 Å². The SMILES string of the molecule is CCNC(C)c1cnc(N(C)CCc2ccccn2)s1. The van der Waals surface area contributed by atoms with Crippen molar-refractivity contribution in [1.29, 1.82) is 0 Å². The summed E-state index contributed by atoms with van der Waals surface area (Å²) in [6.07, 6.45) is 4.76. The van der Waals surface area contributed by atoms with Crippen LogP contribution in [0, 0.1) is 0 Å². The quantitative estimate of drug-likeness (QED) is 0.851. The van der Waals surface area contributed by atoms with Gasteiger partial charge in [0, 0.05) is 49.0 Å². The first-order valence-corrected chi connectivity index (χ1v) is 7.82. The molecule has 2 aromatic rings. The van der Waals surface area contributed by atoms with Gasteiger partial charge in [-0.3, -0.25) is 4.98 Å². The van der Waals surface area contributed by atoms with E-state index in [0.717, 1.165) is 30.3 Å². The summed E-state index contributed by atoms with van der Waals surface area (Å²) in [4.78, 5) is 12.3. The average molecular weight is 290 g/mol. The minimum absolute atomic E-state index is 0.371. The van der Waals surface area contributed by atoms with Crippen molar-refractivity contribution in [1.82, 2.24) is 15.3 Å². The van der Waals surface area contributed by atoms with Gasteiger partial charge in [-0.25, -0.2) is 4.98 Å². The highest BCUT2D eigenvalue weighted by atomic mass is 32.1. The summed E-state index contributed by atoms with van der Waals surface area (Å²) in [7, 11) is 2.09. The summed E-state index contributed by atoms with van der Waals surface area (Å²) in [6, 6.07) is 6.41. The van der Waals surface area contributed by atoms with Crippen LogP contribution in [-0.2, 0) is 6.42 Å². The first kappa shape index (κ1) is 14.9. The molecule has 0 aromatic carbocycles. The Morgan fingerprint density at radius 2 is 2.20 bits per heavy atom. The number of anilines is 1. The van der Waals surface area contributed by atoms with Crippen molar-refractivity contribution in [2.24, 2.45) is 0 Å². The molecule has 0 fully saturated rings. The van der Waals surface area contributed by atoms with Crippen molar-refractivity contribution in [3.8, 4) is 0 Å². The molecule has 0 saturated heterocycles. The van der Waals surface area contributed by atoms with Crippen molar-refractivity contribution in [2.45, 2.75) is 26.3 Å². The molecule has 0 aliphatic carbocycles. The fraction of sp³-hybridized carbons (Fsp3) is 0.467. The van der Waals surface area contributed by atoms with E-state index in [4.69, 9.17) is 0 Å². The van der Waals surface area contributed by atoms with Crippen LogP contribution in [0.3, 0.4) is 0 Å². The first-order chi connectivity index (χ1) is 9.70. The molecule has 0 amide bonds. The molecule has 1 unspecified atom stereocenters. The van der Waals surface area contributed by atoms with Gasteiger partial charge in [0.1, 0.15) is 0 Å². The zero-order valence-electron chi connectivity index (χ0n) is 12.3. The molecular formula is C15H22N4S. The van der Waals surface area contributed by atoms with Gasteiger partial charge in [-0.05, 0) is 25.6 Å². The molecule has 0 aliphatic rings. The molecule has 1 atom stereocenters. The third kappa shape index (κ3) is 4.02. The lowest BCUT2D eigenvalue weighted by Crippen LogP contribution is -2.20. The molecule has 20 heavy (non-hydrogen) atoms. The van der Waals surface area contributed by atoms with Crippen LogP contribution in [0.4, 0.5) is 5.13 Å². The minimum Gasteiger partial charge on any atom is -0.351 e. The Balaban J connectivity index is 1.91. The maximum atomic E-state index is 4.52. The third-order valence-corrected chi connectivity index (χ3v) is 4.50. The Kier molecular flexibility index (Phi) is 5.49. The standard InChI is InChI=1S/C15H22N4S/c1-4-16-12(2)14-11-18-15(20-14)19(3)10-8-13-7-5-6-9-17-13/h5-7,9,11-12,16H,4,8,10H2,1-3H3. The molecule has 2 rings (SSSR count). The second-order valence-corrected chi connectivity index (χ2v) is 5.86. The lowest BCUT2D eigenvalue weighted by Gasteiger charge is -2.15. The number of nitrogens with one attached hydrogen (secondary N) is 1. The van der Waals surface area contributed by atoms with Gasteiger partial charge in [0.15, 0.2) is 5.13 Å². The lowest BCUT2D eigenvalue weighted by atomic mass is 10.2. The summed E-state index contributed by atoms with van der Waals surface area (Å²) in [5.74, 6) is 0. The largest absolute Gasteiger partial charge is 0.351 e. The van der Waals surface area contributed by atoms with Gasteiger partial charge in [0.25, 0.3) is 0 Å². The van der Waals surface area contributed by atoms with Crippen LogP contribution >= 0.6 is 11.3 Å². The van der Waals surface area contributed by atoms with E-state index < -0.39 is 0 Å². The number of likely N-dealkylation sites (N-methyl/N-ethyl adjacent to an activating group) is 1. The maximum Gasteiger partial charge on any atom is 0.185 e. The molecule has 4 nitrogen and oxygen atoms in total. The zero-order valence-corrected chi connectivity index (χ0v) is 13.2. The van der Waals surface area contributed by atoms with Gasteiger partial charge in [0.05, 0.1) is 0 Å². The molecule has 108 valence electrons. The highest BCUT2D eigenvalue weighted by Crippen LogP contribution is 2.26. The van der Waals surface area contributed by atoms with Gasteiger partial charge in [0.2, 0.25) is 0 Å². The average Bonchev–Trinajstić information content (AvgIpc) is 2.96. The maximum absolute atomic E-state index is 4.52. The number of hydrogen-bond donors (Lipinski definition) is 1. The second kappa shape index (κ2) is 7.36. The summed E-state index contributed by atoms with van der Waals surface area (Å²) in [5, 5.41) is 4.48. The highest BCUT2D eigenvalue weighted by molar-refractivity contribution is 7.15. The minimum atomic E-state index is 0.371. The van der Waals surface area contributed by atoms with Crippen molar-refractivity contribution in [2.75, 3.05) is 25.0 Å². The predicted molar refractivity (Wildman–Crippen MR) is 85.4 cm³/mol. The number of hydrogen-bond acceptors (Lipinski definition) is 5. The van der Waals surface area contributed by atoms with E-state index in [1.165, 1.54) is 4.88 Å². The summed E-state index contributed by atoms with van der Waals surface area (Å²) in [5.41, 5.74) is 1.12. The van der Waals surface area contributed by atoms with Crippen LogP contribution in [-0.4, -0.2) is 30.1 Å². The summed E-state index contributed by atoms with van der Waals surface area (Å²) >= 11 is 1.76. The van der Waals surface area contributed by atoms with E-state index in [-0.39, 0.29) is 0 Å². The zero-order chi connectivity index (χ0) is 14.4. The van der Waals surface area contributed by atoms with Crippen molar-refractivity contribution < 1.29 is 0 Å². The van der Waals surface area contributed by atoms with E-state index in [0.29, 0.717) is 6.04 Å². The van der Waals surface area contributed by atoms with Crippen LogP contribution in [0.1, 0.15) is 30.5 Å². The van der Waals surface area contributed by atoms with Crippen LogP contribution in [0.5, 0.6) is 0 Å². The van der Waals surface area contributed by atoms with E-state index in [2.05, 4.69) is 47.1 Å². The van der Waals surface area contributed by atoms with E-state index in [1.807, 2.05) is 24.5 Å². The smallest absolute Gasteiger partial charge is 0.185 e. The number of aromatic nitrogens is 2. The second-order valence-electron chi connectivity index (χ2n) is 4.82. The monoisotopic (exact) mass is 290 g/mol. The van der Waals surface area contributed by atoms with E-state index >= 15 is 0 Å². The van der Waals surface area contributed by atoms with Gasteiger partial charge < -0.3 is 10.2 Å². The number of rotatable bonds is 7. The first-order valence-electron chi connectivity index (χ1n) is 7.01. The Labute approximate surface area is 124 Å². The van der Waals surface area contributed by atoms with Gasteiger partial charge >= 0.3 is 0 Å². The number of thiazole rings is 1. The Morgan fingerprint density at radius 3 is 2.90 bits per heavy atom. The summed E-state index contributed by atoms with van der Waals surface area (Å²) < 4.78 is 0. The molecule has 5 heteroatoms. The normalized spacial score (nSPS) is 12.3. The Bertz CT molecular complexity index is 512. The van der Waals surface area contributed by atoms with Gasteiger partial charge in [-0.2, -0.15) is 0 Å². The number of nitrogens with zero attached hydrogens (tertiary/aromatic N) is 3. The van der Waals surface area contributed by atoms with Crippen molar-refractivity contribution in [3.05, 3.63) is 41.2 Å². The van der Waals surface area contributed by atoms with Crippen LogP contribution in [0.2, 0.25) is 0 Å². The van der Waals surface area contributed by atoms with Gasteiger partial charge in [-0.1, -0.05) is 13.0 Å². The Hall–Kier alpha value is -1.46. The van der Waals surface area contributed by atoms with E-state index in [1.54, 1.807) is 11.3 Å². The summed E-state index contributed by atoms with van der Waals surface area (Å²) in [6.45, 7) is 6.20. The molecule has 2 heterocycles. The molecule has 0 radical (unpaired) electrons. The third-order valence-electron chi connectivity index (χ3n) is 3.20. The van der Waals surface area contributed by atoms with Crippen LogP contribution < -0.4 is 10.2 Å². The molecule has 0 aliphatic heterocycles. The van der Waals surface area contributed by atoms with E-state index in [9.17, 15) is 0 Å². The fourth-order valence-electron chi connectivity index (χ4n) is 1.98. The molecule has 1 N–H and O–H groups in total. The highest BCUT2D eigenvalue weighted by Gasteiger charge is 2.11. The van der Waals surface area contributed by atoms with Gasteiger partial charge in [-0.15, -0.1) is 11.3 Å². The predicted octanol–water partition coefficient (Wildman–Crippen LogP) is 2.89. The van der Waals surface area contributed by atoms with Crippen LogP contribution in [0.15, 0.2) is 30.6 Å². The molecule has 0 saturated carbocycles. The molecular weight excluding hydrogens is 268 g/mol. The molecule has 0 spiro atoms. The lowest BCUT2D eigenvalue weighted by molar-refractivity contribution is 0.606. The van der Waals surface area contributed by atoms with Crippen LogP contribution in [0.25, 0.3) is 0 Å². The van der Waals surface area contributed by atoms with Crippen molar-refractivity contribution in [3.63, 3.8) is 0 Å². The molecule has 0 bridgehead atoms. The fourth-order valence-corrected chi connectivity index (χ4v) is 2.91. The topological polar surface area (TPSA) is 41.1 Å². The molecule has 2 aromatic heterocycles. The number of pyridine rings is 1.